The fraction of sp³-hybridized carbons (Fsp3) is 0.556. The molecule has 0 aromatic carbocycles. The molecular formula is C9H12N2O2. The van der Waals surface area contributed by atoms with Gasteiger partial charge in [-0.15, -0.1) is 0 Å². The van der Waals surface area contributed by atoms with Crippen molar-refractivity contribution in [1.29, 1.82) is 0 Å². The molecule has 1 saturated carbocycles. The van der Waals surface area contributed by atoms with Crippen LogP contribution in [0.2, 0.25) is 0 Å². The van der Waals surface area contributed by atoms with Crippen molar-refractivity contribution in [3.63, 3.8) is 0 Å². The van der Waals surface area contributed by atoms with Crippen molar-refractivity contribution in [3.8, 4) is 0 Å². The maximum Gasteiger partial charge on any atom is 0.287 e. The molecule has 0 bridgehead atoms. The van der Waals surface area contributed by atoms with Gasteiger partial charge in [-0.3, -0.25) is 4.79 Å². The lowest BCUT2D eigenvalue weighted by Crippen LogP contribution is -2.09. The van der Waals surface area contributed by atoms with Gasteiger partial charge in [0.25, 0.3) is 5.91 Å². The Morgan fingerprint density at radius 2 is 2.23 bits per heavy atom. The molecule has 1 fully saturated rings. The number of aromatic nitrogens is 1. The summed E-state index contributed by atoms with van der Waals surface area (Å²) in [6, 6.07) is 1.66. The lowest BCUT2D eigenvalue weighted by Gasteiger charge is -2.00. The number of rotatable bonds is 2. The molecule has 1 heterocycles. The molecule has 2 N–H and O–H groups in total. The van der Waals surface area contributed by atoms with Gasteiger partial charge in [0.1, 0.15) is 0 Å². The fourth-order valence-electron chi connectivity index (χ4n) is 1.82. The van der Waals surface area contributed by atoms with E-state index in [0.717, 1.165) is 18.5 Å². The molecule has 4 heteroatoms. The number of hydrogen-bond acceptors (Lipinski definition) is 3. The van der Waals surface area contributed by atoms with Gasteiger partial charge in [-0.1, -0.05) is 18.0 Å². The van der Waals surface area contributed by atoms with E-state index in [1.165, 1.54) is 12.8 Å². The summed E-state index contributed by atoms with van der Waals surface area (Å²) in [4.78, 5) is 10.7. The third-order valence-electron chi connectivity index (χ3n) is 2.54. The summed E-state index contributed by atoms with van der Waals surface area (Å²) >= 11 is 0. The maximum absolute atomic E-state index is 10.7. The van der Waals surface area contributed by atoms with Crippen LogP contribution in [0.4, 0.5) is 0 Å². The van der Waals surface area contributed by atoms with Crippen molar-refractivity contribution in [1.82, 2.24) is 5.16 Å². The van der Waals surface area contributed by atoms with E-state index in [-0.39, 0.29) is 5.76 Å². The summed E-state index contributed by atoms with van der Waals surface area (Å²) in [5.74, 6) is 0.0931. The lowest BCUT2D eigenvalue weighted by atomic mass is 10.0. The summed E-state index contributed by atoms with van der Waals surface area (Å²) in [5, 5.41) is 3.84. The van der Waals surface area contributed by atoms with Gasteiger partial charge in [0, 0.05) is 12.0 Å². The van der Waals surface area contributed by atoms with Gasteiger partial charge in [-0.05, 0) is 12.8 Å². The van der Waals surface area contributed by atoms with Gasteiger partial charge in [0.15, 0.2) is 0 Å². The zero-order valence-corrected chi connectivity index (χ0v) is 7.32. The Balaban J connectivity index is 2.16. The molecule has 1 aliphatic carbocycles. The van der Waals surface area contributed by atoms with E-state index in [0.29, 0.717) is 5.92 Å². The molecular weight excluding hydrogens is 168 g/mol. The van der Waals surface area contributed by atoms with Crippen LogP contribution in [0.1, 0.15) is 47.8 Å². The zero-order chi connectivity index (χ0) is 9.26. The van der Waals surface area contributed by atoms with Crippen LogP contribution in [-0.4, -0.2) is 11.1 Å². The van der Waals surface area contributed by atoms with E-state index in [1.54, 1.807) is 6.07 Å². The minimum atomic E-state index is -0.545. The van der Waals surface area contributed by atoms with Gasteiger partial charge in [-0.25, -0.2) is 0 Å². The van der Waals surface area contributed by atoms with E-state index < -0.39 is 5.91 Å². The summed E-state index contributed by atoms with van der Waals surface area (Å²) in [6.45, 7) is 0. The number of nitrogens with two attached hydrogens (primary N) is 1. The molecule has 1 aromatic rings. The molecule has 0 aliphatic heterocycles. The maximum atomic E-state index is 10.7. The van der Waals surface area contributed by atoms with E-state index in [9.17, 15) is 4.79 Å². The van der Waals surface area contributed by atoms with Gasteiger partial charge in [0.2, 0.25) is 5.76 Å². The predicted octanol–water partition coefficient (Wildman–Crippen LogP) is 1.43. The van der Waals surface area contributed by atoms with Crippen molar-refractivity contribution in [2.24, 2.45) is 5.73 Å². The standard InChI is InChI=1S/C9H12N2O2/c10-9(12)8-5-7(11-13-8)6-3-1-2-4-6/h5-6H,1-4H2,(H2,10,12). The highest BCUT2D eigenvalue weighted by molar-refractivity contribution is 5.89. The fourth-order valence-corrected chi connectivity index (χ4v) is 1.82. The largest absolute Gasteiger partial charge is 0.363 e. The van der Waals surface area contributed by atoms with Crippen LogP contribution in [0.25, 0.3) is 0 Å². The Labute approximate surface area is 76.1 Å². The number of carbonyl (C=O) groups excluding carboxylic acids is 1. The molecule has 1 amide bonds. The Hall–Kier alpha value is -1.32. The summed E-state index contributed by atoms with van der Waals surface area (Å²) in [6.07, 6.45) is 4.77. The second-order valence-electron chi connectivity index (χ2n) is 3.46. The number of primary amides is 1. The van der Waals surface area contributed by atoms with Crippen molar-refractivity contribution in [2.45, 2.75) is 31.6 Å². The monoisotopic (exact) mass is 180 g/mol. The highest BCUT2D eigenvalue weighted by Gasteiger charge is 2.21. The summed E-state index contributed by atoms with van der Waals surface area (Å²) < 4.78 is 4.81. The first-order valence-corrected chi connectivity index (χ1v) is 4.54. The number of amides is 1. The molecule has 1 aromatic heterocycles. The number of hydrogen-bond donors (Lipinski definition) is 1. The molecule has 70 valence electrons. The molecule has 13 heavy (non-hydrogen) atoms. The van der Waals surface area contributed by atoms with Crippen LogP contribution in [0.15, 0.2) is 10.6 Å². The normalized spacial score (nSPS) is 17.8. The Kier molecular flexibility index (Phi) is 2.04. The van der Waals surface area contributed by atoms with Crippen LogP contribution in [0.5, 0.6) is 0 Å². The molecule has 0 atom stereocenters. The molecule has 0 unspecified atom stereocenters. The van der Waals surface area contributed by atoms with Crippen LogP contribution in [0.3, 0.4) is 0 Å². The second kappa shape index (κ2) is 3.20. The molecule has 4 nitrogen and oxygen atoms in total. The number of carbonyl (C=O) groups is 1. The highest BCUT2D eigenvalue weighted by atomic mass is 16.5. The van der Waals surface area contributed by atoms with E-state index in [2.05, 4.69) is 5.16 Å². The molecule has 0 spiro atoms. The van der Waals surface area contributed by atoms with Crippen LogP contribution in [-0.2, 0) is 0 Å². The summed E-state index contributed by atoms with van der Waals surface area (Å²) in [7, 11) is 0. The average Bonchev–Trinajstić information content (AvgIpc) is 2.75. The zero-order valence-electron chi connectivity index (χ0n) is 7.32. The predicted molar refractivity (Wildman–Crippen MR) is 46.2 cm³/mol. The first kappa shape index (κ1) is 8.29. The van der Waals surface area contributed by atoms with Crippen molar-refractivity contribution < 1.29 is 9.32 Å². The van der Waals surface area contributed by atoms with Gasteiger partial charge in [-0.2, -0.15) is 0 Å². The first-order valence-electron chi connectivity index (χ1n) is 4.54. The quantitative estimate of drug-likeness (QED) is 0.748. The number of nitrogens with zero attached hydrogens (tertiary/aromatic N) is 1. The minimum Gasteiger partial charge on any atom is -0.363 e. The summed E-state index contributed by atoms with van der Waals surface area (Å²) in [5.41, 5.74) is 5.93. The topological polar surface area (TPSA) is 69.1 Å². The Morgan fingerprint density at radius 1 is 1.54 bits per heavy atom. The lowest BCUT2D eigenvalue weighted by molar-refractivity contribution is 0.0965. The van der Waals surface area contributed by atoms with E-state index >= 15 is 0 Å². The van der Waals surface area contributed by atoms with Gasteiger partial charge < -0.3 is 10.3 Å². The average molecular weight is 180 g/mol. The molecule has 1 aliphatic rings. The Morgan fingerprint density at radius 3 is 2.77 bits per heavy atom. The van der Waals surface area contributed by atoms with Gasteiger partial charge in [0.05, 0.1) is 5.69 Å². The second-order valence-corrected chi connectivity index (χ2v) is 3.46. The molecule has 2 rings (SSSR count). The molecule has 0 saturated heterocycles. The Bertz CT molecular complexity index is 313. The molecule has 0 radical (unpaired) electrons. The van der Waals surface area contributed by atoms with Crippen LogP contribution >= 0.6 is 0 Å². The SMILES string of the molecule is NC(=O)c1cc(C2CCCC2)no1. The van der Waals surface area contributed by atoms with Crippen LogP contribution < -0.4 is 5.73 Å². The first-order chi connectivity index (χ1) is 6.27. The minimum absolute atomic E-state index is 0.168. The van der Waals surface area contributed by atoms with E-state index in [1.807, 2.05) is 0 Å². The van der Waals surface area contributed by atoms with E-state index in [4.69, 9.17) is 10.3 Å². The van der Waals surface area contributed by atoms with Crippen molar-refractivity contribution in [2.75, 3.05) is 0 Å². The highest BCUT2D eigenvalue weighted by Crippen LogP contribution is 2.33. The smallest absolute Gasteiger partial charge is 0.287 e. The van der Waals surface area contributed by atoms with Crippen molar-refractivity contribution in [3.05, 3.63) is 17.5 Å². The third-order valence-corrected chi connectivity index (χ3v) is 2.54. The van der Waals surface area contributed by atoms with Crippen molar-refractivity contribution >= 4 is 5.91 Å². The van der Waals surface area contributed by atoms with Crippen LogP contribution in [0, 0.1) is 0 Å². The van der Waals surface area contributed by atoms with Gasteiger partial charge >= 0.3 is 0 Å². The third kappa shape index (κ3) is 1.56.